The van der Waals surface area contributed by atoms with E-state index >= 15 is 0 Å². The third-order valence-electron chi connectivity index (χ3n) is 3.19. The van der Waals surface area contributed by atoms with Crippen LogP contribution in [0.25, 0.3) is 0 Å². The molecule has 1 aliphatic rings. The van der Waals surface area contributed by atoms with Crippen LogP contribution >= 0.6 is 11.6 Å². The summed E-state index contributed by atoms with van der Waals surface area (Å²) in [4.78, 5) is 11.5. The van der Waals surface area contributed by atoms with Gasteiger partial charge in [0.15, 0.2) is 6.10 Å². The molecule has 0 aromatic heterocycles. The molecule has 1 unspecified atom stereocenters. The fourth-order valence-electron chi connectivity index (χ4n) is 1.76. The Balaban J connectivity index is 1.97. The number of benzene rings is 1. The molecule has 1 aromatic carbocycles. The SMILES string of the molecule is CCC(Oc1ccc(OCC2CC2)c(Cl)c1)C(=O)OC. The predicted octanol–water partition coefficient (Wildman–Crippen LogP) is 3.46. The van der Waals surface area contributed by atoms with Crippen LogP contribution < -0.4 is 9.47 Å². The zero-order valence-electron chi connectivity index (χ0n) is 11.7. The third kappa shape index (κ3) is 4.04. The van der Waals surface area contributed by atoms with Crippen molar-refractivity contribution in [3.05, 3.63) is 23.2 Å². The number of esters is 1. The lowest BCUT2D eigenvalue weighted by Gasteiger charge is -2.16. The molecule has 0 heterocycles. The van der Waals surface area contributed by atoms with E-state index in [1.807, 2.05) is 6.92 Å². The Morgan fingerprint density at radius 2 is 2.20 bits per heavy atom. The summed E-state index contributed by atoms with van der Waals surface area (Å²) in [5.74, 6) is 1.46. The molecule has 1 saturated carbocycles. The molecular formula is C15H19ClO4. The fraction of sp³-hybridized carbons (Fsp3) is 0.533. The summed E-state index contributed by atoms with van der Waals surface area (Å²) in [7, 11) is 1.34. The van der Waals surface area contributed by atoms with Gasteiger partial charge in [-0.1, -0.05) is 18.5 Å². The molecule has 0 saturated heterocycles. The van der Waals surface area contributed by atoms with Gasteiger partial charge in [0.25, 0.3) is 0 Å². The lowest BCUT2D eigenvalue weighted by molar-refractivity contribution is -0.148. The van der Waals surface area contributed by atoms with E-state index in [0.717, 1.165) is 0 Å². The zero-order valence-corrected chi connectivity index (χ0v) is 12.5. The highest BCUT2D eigenvalue weighted by Crippen LogP contribution is 2.33. The Bertz CT molecular complexity index is 471. The van der Waals surface area contributed by atoms with Crippen LogP contribution in [-0.4, -0.2) is 25.8 Å². The van der Waals surface area contributed by atoms with Gasteiger partial charge in [-0.25, -0.2) is 4.79 Å². The van der Waals surface area contributed by atoms with Crippen LogP contribution in [0.2, 0.25) is 5.02 Å². The van der Waals surface area contributed by atoms with Crippen LogP contribution in [-0.2, 0) is 9.53 Å². The second kappa shape index (κ2) is 6.84. The van der Waals surface area contributed by atoms with Crippen molar-refractivity contribution in [1.82, 2.24) is 0 Å². The standard InChI is InChI=1S/C15H19ClO4/c1-3-13(15(17)18-2)20-11-6-7-14(12(16)8-11)19-9-10-4-5-10/h6-8,10,13H,3-5,9H2,1-2H3. The van der Waals surface area contributed by atoms with Crippen molar-refractivity contribution < 1.29 is 19.0 Å². The van der Waals surface area contributed by atoms with E-state index in [2.05, 4.69) is 4.74 Å². The average Bonchev–Trinajstić information content (AvgIpc) is 3.27. The maximum absolute atomic E-state index is 11.5. The highest BCUT2D eigenvalue weighted by molar-refractivity contribution is 6.32. The van der Waals surface area contributed by atoms with Gasteiger partial charge in [0.05, 0.1) is 18.7 Å². The second-order valence-corrected chi connectivity index (χ2v) is 5.29. The normalized spacial score (nSPS) is 15.6. The summed E-state index contributed by atoms with van der Waals surface area (Å²) in [6.45, 7) is 2.57. The molecule has 0 spiro atoms. The molecule has 0 amide bonds. The van der Waals surface area contributed by atoms with Gasteiger partial charge in [-0.3, -0.25) is 0 Å². The maximum Gasteiger partial charge on any atom is 0.347 e. The fourth-order valence-corrected chi connectivity index (χ4v) is 1.98. The van der Waals surface area contributed by atoms with Gasteiger partial charge in [-0.15, -0.1) is 0 Å². The summed E-state index contributed by atoms with van der Waals surface area (Å²) in [5, 5.41) is 0.489. The number of methoxy groups -OCH3 is 1. The number of rotatable bonds is 7. The number of halogens is 1. The lowest BCUT2D eigenvalue weighted by Crippen LogP contribution is -2.27. The molecule has 1 fully saturated rings. The molecule has 0 bridgehead atoms. The minimum atomic E-state index is -0.616. The zero-order chi connectivity index (χ0) is 14.5. The minimum Gasteiger partial charge on any atom is -0.492 e. The summed E-state index contributed by atoms with van der Waals surface area (Å²) in [5.41, 5.74) is 0. The molecule has 1 atom stereocenters. The molecule has 0 radical (unpaired) electrons. The molecule has 20 heavy (non-hydrogen) atoms. The van der Waals surface area contributed by atoms with Gasteiger partial charge in [-0.2, -0.15) is 0 Å². The molecule has 1 aliphatic carbocycles. The van der Waals surface area contributed by atoms with Crippen molar-refractivity contribution in [2.24, 2.45) is 5.92 Å². The van der Waals surface area contributed by atoms with E-state index in [0.29, 0.717) is 35.5 Å². The Morgan fingerprint density at radius 1 is 1.45 bits per heavy atom. The molecule has 0 aliphatic heterocycles. The van der Waals surface area contributed by atoms with E-state index < -0.39 is 12.1 Å². The molecule has 5 heteroatoms. The van der Waals surface area contributed by atoms with E-state index in [1.54, 1.807) is 18.2 Å². The van der Waals surface area contributed by atoms with E-state index in [4.69, 9.17) is 21.1 Å². The monoisotopic (exact) mass is 298 g/mol. The first-order chi connectivity index (χ1) is 9.63. The first-order valence-corrected chi connectivity index (χ1v) is 7.18. The number of ether oxygens (including phenoxy) is 3. The van der Waals surface area contributed by atoms with Crippen molar-refractivity contribution in [1.29, 1.82) is 0 Å². The summed E-state index contributed by atoms with van der Waals surface area (Å²) in [6, 6.07) is 5.18. The van der Waals surface area contributed by atoms with Gasteiger partial charge in [0.2, 0.25) is 0 Å². The summed E-state index contributed by atoms with van der Waals surface area (Å²) < 4.78 is 15.9. The van der Waals surface area contributed by atoms with Gasteiger partial charge >= 0.3 is 5.97 Å². The number of hydrogen-bond acceptors (Lipinski definition) is 4. The van der Waals surface area contributed by atoms with Crippen molar-refractivity contribution in [2.45, 2.75) is 32.3 Å². The highest BCUT2D eigenvalue weighted by Gasteiger charge is 2.23. The van der Waals surface area contributed by atoms with E-state index in [9.17, 15) is 4.79 Å². The van der Waals surface area contributed by atoms with Gasteiger partial charge in [0, 0.05) is 6.07 Å². The van der Waals surface area contributed by atoms with Gasteiger partial charge in [-0.05, 0) is 37.3 Å². The van der Waals surface area contributed by atoms with Crippen molar-refractivity contribution in [3.8, 4) is 11.5 Å². The van der Waals surface area contributed by atoms with Crippen molar-refractivity contribution >= 4 is 17.6 Å². The van der Waals surface area contributed by atoms with Crippen LogP contribution in [0.15, 0.2) is 18.2 Å². The molecule has 2 rings (SSSR count). The van der Waals surface area contributed by atoms with Gasteiger partial charge < -0.3 is 14.2 Å². The molecule has 1 aromatic rings. The minimum absolute atomic E-state index is 0.391. The first-order valence-electron chi connectivity index (χ1n) is 6.80. The topological polar surface area (TPSA) is 44.8 Å². The largest absolute Gasteiger partial charge is 0.492 e. The van der Waals surface area contributed by atoms with Crippen LogP contribution in [0.3, 0.4) is 0 Å². The summed E-state index contributed by atoms with van der Waals surface area (Å²) in [6.07, 6.45) is 2.38. The highest BCUT2D eigenvalue weighted by atomic mass is 35.5. The average molecular weight is 299 g/mol. The van der Waals surface area contributed by atoms with Crippen molar-refractivity contribution in [2.75, 3.05) is 13.7 Å². The molecule has 0 N–H and O–H groups in total. The van der Waals surface area contributed by atoms with E-state index in [1.165, 1.54) is 20.0 Å². The van der Waals surface area contributed by atoms with Crippen LogP contribution in [0.1, 0.15) is 26.2 Å². The quantitative estimate of drug-likeness (QED) is 0.723. The van der Waals surface area contributed by atoms with Gasteiger partial charge in [0.1, 0.15) is 11.5 Å². The number of hydrogen-bond donors (Lipinski definition) is 0. The predicted molar refractivity (Wildman–Crippen MR) is 76.4 cm³/mol. The van der Waals surface area contributed by atoms with Crippen LogP contribution in [0.4, 0.5) is 0 Å². The second-order valence-electron chi connectivity index (χ2n) is 4.88. The Kier molecular flexibility index (Phi) is 5.12. The third-order valence-corrected chi connectivity index (χ3v) is 3.48. The summed E-state index contributed by atoms with van der Waals surface area (Å²) >= 11 is 6.15. The van der Waals surface area contributed by atoms with E-state index in [-0.39, 0.29) is 0 Å². The Hall–Kier alpha value is -1.42. The molecular weight excluding hydrogens is 280 g/mol. The van der Waals surface area contributed by atoms with Crippen LogP contribution in [0.5, 0.6) is 11.5 Å². The number of carbonyl (C=O) groups is 1. The Labute approximate surface area is 124 Å². The number of carbonyl (C=O) groups excluding carboxylic acids is 1. The molecule has 4 nitrogen and oxygen atoms in total. The first kappa shape index (κ1) is 15.0. The maximum atomic E-state index is 11.5. The molecule has 110 valence electrons. The van der Waals surface area contributed by atoms with Crippen molar-refractivity contribution in [3.63, 3.8) is 0 Å². The smallest absolute Gasteiger partial charge is 0.347 e. The lowest BCUT2D eigenvalue weighted by atomic mass is 10.2. The Morgan fingerprint density at radius 3 is 2.75 bits per heavy atom. The van der Waals surface area contributed by atoms with Crippen LogP contribution in [0, 0.1) is 5.92 Å².